The molecule has 1 aromatic heterocycles. The lowest BCUT2D eigenvalue weighted by Crippen LogP contribution is -1.92. The van der Waals surface area contributed by atoms with Crippen LogP contribution in [0.3, 0.4) is 0 Å². The molecule has 1 aliphatic carbocycles. The molecule has 0 fully saturated rings. The van der Waals surface area contributed by atoms with Crippen molar-refractivity contribution in [2.75, 3.05) is 12.8 Å². The van der Waals surface area contributed by atoms with Crippen LogP contribution in [-0.2, 0) is 12.8 Å². The molecular weight excluding hydrogens is 242 g/mol. The van der Waals surface area contributed by atoms with Crippen molar-refractivity contribution in [3.05, 3.63) is 34.2 Å². The maximum atomic E-state index is 6.21. The molecule has 1 aliphatic rings. The molecule has 3 heteroatoms. The van der Waals surface area contributed by atoms with E-state index in [0.717, 1.165) is 10.8 Å². The topological polar surface area (TPSA) is 35.2 Å². The maximum Gasteiger partial charge on any atom is 0.119 e. The summed E-state index contributed by atoms with van der Waals surface area (Å²) in [5, 5.41) is 0.966. The minimum atomic E-state index is 0.904. The van der Waals surface area contributed by atoms with Crippen molar-refractivity contribution in [3.63, 3.8) is 0 Å². The van der Waals surface area contributed by atoms with E-state index < -0.39 is 0 Å². The quantitative estimate of drug-likeness (QED) is 0.890. The Hall–Kier alpha value is -1.48. The minimum absolute atomic E-state index is 0.904. The van der Waals surface area contributed by atoms with Gasteiger partial charge in [-0.2, -0.15) is 0 Å². The highest BCUT2D eigenvalue weighted by Crippen LogP contribution is 2.44. The first-order chi connectivity index (χ1) is 8.70. The van der Waals surface area contributed by atoms with Crippen LogP contribution in [0.2, 0.25) is 0 Å². The van der Waals surface area contributed by atoms with Gasteiger partial charge in [0.2, 0.25) is 0 Å². The third-order valence-corrected chi connectivity index (χ3v) is 4.77. The summed E-state index contributed by atoms with van der Waals surface area (Å²) in [4.78, 5) is 1.48. The number of methoxy groups -OCH3 is 1. The standard InChI is InChI=1S/C15H17NOS/c1-9-8-10(17-2)6-7-11(9)14-12-4-3-5-13(12)18-15(14)16/h6-8H,3-5,16H2,1-2H3. The largest absolute Gasteiger partial charge is 0.497 e. The molecule has 2 N–H and O–H groups in total. The van der Waals surface area contributed by atoms with Gasteiger partial charge in [0, 0.05) is 10.4 Å². The van der Waals surface area contributed by atoms with Crippen LogP contribution in [-0.4, -0.2) is 7.11 Å². The first kappa shape index (κ1) is 11.6. The first-order valence-corrected chi connectivity index (χ1v) is 7.07. The lowest BCUT2D eigenvalue weighted by atomic mass is 9.97. The number of nitrogens with two attached hydrogens (primary N) is 1. The number of thiophene rings is 1. The molecule has 18 heavy (non-hydrogen) atoms. The Morgan fingerprint density at radius 3 is 2.83 bits per heavy atom. The van der Waals surface area contributed by atoms with E-state index in [1.165, 1.54) is 46.4 Å². The van der Waals surface area contributed by atoms with Crippen LogP contribution >= 0.6 is 11.3 Å². The van der Waals surface area contributed by atoms with Crippen molar-refractivity contribution >= 4 is 16.3 Å². The molecule has 94 valence electrons. The number of nitrogen functional groups attached to an aromatic ring is 1. The molecule has 0 radical (unpaired) electrons. The van der Waals surface area contributed by atoms with Gasteiger partial charge < -0.3 is 10.5 Å². The Kier molecular flexibility index (Phi) is 2.78. The van der Waals surface area contributed by atoms with E-state index in [9.17, 15) is 0 Å². The Bertz CT molecular complexity index is 601. The van der Waals surface area contributed by atoms with E-state index in [4.69, 9.17) is 10.5 Å². The highest BCUT2D eigenvalue weighted by molar-refractivity contribution is 7.16. The molecular formula is C15H17NOS. The lowest BCUT2D eigenvalue weighted by molar-refractivity contribution is 0.414. The van der Waals surface area contributed by atoms with Crippen molar-refractivity contribution in [2.24, 2.45) is 0 Å². The summed E-state index contributed by atoms with van der Waals surface area (Å²) in [6, 6.07) is 6.22. The number of hydrogen-bond acceptors (Lipinski definition) is 3. The Morgan fingerprint density at radius 2 is 2.11 bits per heavy atom. The zero-order valence-corrected chi connectivity index (χ0v) is 11.6. The second kappa shape index (κ2) is 4.32. The fraction of sp³-hybridized carbons (Fsp3) is 0.333. The Labute approximate surface area is 111 Å². The van der Waals surface area contributed by atoms with Crippen LogP contribution < -0.4 is 10.5 Å². The molecule has 0 spiro atoms. The van der Waals surface area contributed by atoms with Gasteiger partial charge in [-0.25, -0.2) is 0 Å². The number of hydrogen-bond donors (Lipinski definition) is 1. The highest BCUT2D eigenvalue weighted by atomic mass is 32.1. The van der Waals surface area contributed by atoms with E-state index in [1.54, 1.807) is 18.4 Å². The molecule has 0 aliphatic heterocycles. The number of fused-ring (bicyclic) bond motifs is 1. The predicted molar refractivity (Wildman–Crippen MR) is 77.5 cm³/mol. The predicted octanol–water partition coefficient (Wildman–Crippen LogP) is 3.80. The van der Waals surface area contributed by atoms with Crippen LogP contribution in [0.5, 0.6) is 5.75 Å². The van der Waals surface area contributed by atoms with E-state index >= 15 is 0 Å². The third-order valence-electron chi connectivity index (χ3n) is 3.65. The molecule has 2 aromatic rings. The van der Waals surface area contributed by atoms with Gasteiger partial charge in [0.25, 0.3) is 0 Å². The van der Waals surface area contributed by atoms with Crippen molar-refractivity contribution in [2.45, 2.75) is 26.2 Å². The number of benzene rings is 1. The number of ether oxygens (including phenoxy) is 1. The van der Waals surface area contributed by atoms with E-state index in [2.05, 4.69) is 19.1 Å². The molecule has 2 nitrogen and oxygen atoms in total. The molecule has 0 atom stereocenters. The molecule has 0 unspecified atom stereocenters. The van der Waals surface area contributed by atoms with Gasteiger partial charge in [0.15, 0.2) is 0 Å². The average Bonchev–Trinajstić information content (AvgIpc) is 2.90. The SMILES string of the molecule is COc1ccc(-c2c(N)sc3c2CCC3)c(C)c1. The van der Waals surface area contributed by atoms with Crippen molar-refractivity contribution < 1.29 is 4.74 Å². The monoisotopic (exact) mass is 259 g/mol. The van der Waals surface area contributed by atoms with Gasteiger partial charge in [-0.15, -0.1) is 11.3 Å². The fourth-order valence-electron chi connectivity index (χ4n) is 2.76. The molecule has 0 bridgehead atoms. The van der Waals surface area contributed by atoms with Crippen LogP contribution in [0.1, 0.15) is 22.4 Å². The van der Waals surface area contributed by atoms with Crippen molar-refractivity contribution in [1.29, 1.82) is 0 Å². The summed E-state index contributed by atoms with van der Waals surface area (Å²) in [5.41, 5.74) is 11.4. The number of anilines is 1. The summed E-state index contributed by atoms with van der Waals surface area (Å²) in [6.07, 6.45) is 3.63. The normalized spacial score (nSPS) is 13.7. The van der Waals surface area contributed by atoms with Gasteiger partial charge in [-0.05, 0) is 55.0 Å². The first-order valence-electron chi connectivity index (χ1n) is 6.25. The molecule has 0 saturated carbocycles. The molecule has 1 aromatic carbocycles. The summed E-state index contributed by atoms with van der Waals surface area (Å²) in [6.45, 7) is 2.12. The van der Waals surface area contributed by atoms with E-state index in [-0.39, 0.29) is 0 Å². The van der Waals surface area contributed by atoms with E-state index in [1.807, 2.05) is 6.07 Å². The average molecular weight is 259 g/mol. The van der Waals surface area contributed by atoms with Crippen molar-refractivity contribution in [3.8, 4) is 16.9 Å². The van der Waals surface area contributed by atoms with Gasteiger partial charge in [0.1, 0.15) is 5.75 Å². The molecule has 0 amide bonds. The number of aryl methyl sites for hydroxylation is 2. The van der Waals surface area contributed by atoms with Crippen LogP contribution in [0, 0.1) is 6.92 Å². The second-order valence-corrected chi connectivity index (χ2v) is 5.91. The van der Waals surface area contributed by atoms with Crippen molar-refractivity contribution in [1.82, 2.24) is 0 Å². The summed E-state index contributed by atoms with van der Waals surface area (Å²) < 4.78 is 5.26. The lowest BCUT2D eigenvalue weighted by Gasteiger charge is -2.09. The van der Waals surface area contributed by atoms with Gasteiger partial charge >= 0.3 is 0 Å². The van der Waals surface area contributed by atoms with Gasteiger partial charge in [0.05, 0.1) is 12.1 Å². The van der Waals surface area contributed by atoms with Crippen LogP contribution in [0.25, 0.3) is 11.1 Å². The zero-order chi connectivity index (χ0) is 12.7. The number of rotatable bonds is 2. The molecule has 0 saturated heterocycles. The van der Waals surface area contributed by atoms with Crippen LogP contribution in [0.15, 0.2) is 18.2 Å². The Morgan fingerprint density at radius 1 is 1.28 bits per heavy atom. The zero-order valence-electron chi connectivity index (χ0n) is 10.7. The third kappa shape index (κ3) is 1.70. The fourth-order valence-corrected chi connectivity index (χ4v) is 3.94. The second-order valence-electron chi connectivity index (χ2n) is 4.78. The van der Waals surface area contributed by atoms with Gasteiger partial charge in [-0.1, -0.05) is 6.07 Å². The van der Waals surface area contributed by atoms with Gasteiger partial charge in [-0.3, -0.25) is 0 Å². The van der Waals surface area contributed by atoms with Crippen LogP contribution in [0.4, 0.5) is 5.00 Å². The van der Waals surface area contributed by atoms with E-state index in [0.29, 0.717) is 0 Å². The maximum absolute atomic E-state index is 6.21. The highest BCUT2D eigenvalue weighted by Gasteiger charge is 2.22. The summed E-state index contributed by atoms with van der Waals surface area (Å²) >= 11 is 1.76. The Balaban J connectivity index is 2.15. The minimum Gasteiger partial charge on any atom is -0.497 e. The summed E-state index contributed by atoms with van der Waals surface area (Å²) in [5.74, 6) is 0.904. The summed E-state index contributed by atoms with van der Waals surface area (Å²) in [7, 11) is 1.70. The molecule has 1 heterocycles. The molecule has 3 rings (SSSR count). The smallest absolute Gasteiger partial charge is 0.119 e.